The molecule has 1 aliphatic carbocycles. The van der Waals surface area contributed by atoms with Gasteiger partial charge in [0.25, 0.3) is 0 Å². The van der Waals surface area contributed by atoms with Crippen molar-refractivity contribution in [3.05, 3.63) is 29.3 Å². The van der Waals surface area contributed by atoms with Crippen LogP contribution in [-0.4, -0.2) is 26.4 Å². The molecule has 0 bridgehead atoms. The van der Waals surface area contributed by atoms with E-state index in [0.717, 1.165) is 30.4 Å². The van der Waals surface area contributed by atoms with Crippen LogP contribution in [0.15, 0.2) is 23.1 Å². The summed E-state index contributed by atoms with van der Waals surface area (Å²) in [6.07, 6.45) is 4.07. The highest BCUT2D eigenvalue weighted by Gasteiger charge is 2.45. The summed E-state index contributed by atoms with van der Waals surface area (Å²) in [7, 11) is -3.17. The zero-order valence-corrected chi connectivity index (χ0v) is 12.6. The molecule has 0 heterocycles. The first-order valence-electron chi connectivity index (χ1n) is 6.73. The predicted molar refractivity (Wildman–Crippen MR) is 76.1 cm³/mol. The summed E-state index contributed by atoms with van der Waals surface area (Å²) in [5.41, 5.74) is 2.10. The Morgan fingerprint density at radius 2 is 1.95 bits per heavy atom. The van der Waals surface area contributed by atoms with E-state index in [2.05, 4.69) is 13.8 Å². The molecule has 0 amide bonds. The van der Waals surface area contributed by atoms with Crippen molar-refractivity contribution in [3.63, 3.8) is 0 Å². The fourth-order valence-corrected chi connectivity index (χ4v) is 3.26. The summed E-state index contributed by atoms with van der Waals surface area (Å²) in [5.74, 6) is 0.461. The number of sulfone groups is 1. The normalized spacial score (nSPS) is 17.7. The fraction of sp³-hybridized carbons (Fsp3) is 0.600. The Morgan fingerprint density at radius 1 is 1.32 bits per heavy atom. The maximum absolute atomic E-state index is 11.7. The first-order valence-corrected chi connectivity index (χ1v) is 8.62. The van der Waals surface area contributed by atoms with Gasteiger partial charge in [0.2, 0.25) is 0 Å². The van der Waals surface area contributed by atoms with E-state index in [1.54, 1.807) is 12.1 Å². The largest absolute Gasteiger partial charge is 0.395 e. The quantitative estimate of drug-likeness (QED) is 0.901. The van der Waals surface area contributed by atoms with Crippen LogP contribution in [0, 0.1) is 5.92 Å². The van der Waals surface area contributed by atoms with Crippen molar-refractivity contribution in [3.8, 4) is 0 Å². The fourth-order valence-electron chi connectivity index (χ4n) is 2.59. The van der Waals surface area contributed by atoms with E-state index < -0.39 is 9.84 Å². The average Bonchev–Trinajstić information content (AvgIpc) is 3.07. The van der Waals surface area contributed by atoms with Crippen molar-refractivity contribution >= 4 is 9.84 Å². The monoisotopic (exact) mass is 282 g/mol. The minimum absolute atomic E-state index is 0.111. The second-order valence-electron chi connectivity index (χ2n) is 6.13. The molecular weight excluding hydrogens is 260 g/mol. The second-order valence-corrected chi connectivity index (χ2v) is 8.14. The molecule has 0 radical (unpaired) electrons. The van der Waals surface area contributed by atoms with E-state index >= 15 is 0 Å². The Morgan fingerprint density at radius 3 is 2.37 bits per heavy atom. The van der Waals surface area contributed by atoms with Gasteiger partial charge in [-0.25, -0.2) is 8.42 Å². The molecule has 0 aliphatic heterocycles. The number of benzene rings is 1. The molecule has 0 unspecified atom stereocenters. The minimum atomic E-state index is -3.17. The molecule has 1 aliphatic rings. The lowest BCUT2D eigenvalue weighted by molar-refractivity contribution is 0.254. The third kappa shape index (κ3) is 3.00. The molecule has 0 atom stereocenters. The Hall–Kier alpha value is -0.870. The van der Waals surface area contributed by atoms with Gasteiger partial charge < -0.3 is 5.11 Å². The van der Waals surface area contributed by atoms with Crippen molar-refractivity contribution in [2.45, 2.75) is 43.4 Å². The molecule has 1 fully saturated rings. The van der Waals surface area contributed by atoms with Gasteiger partial charge >= 0.3 is 0 Å². The summed E-state index contributed by atoms with van der Waals surface area (Å²) in [6, 6.07) is 5.36. The zero-order chi connectivity index (χ0) is 14.3. The molecule has 1 aromatic rings. The van der Waals surface area contributed by atoms with Crippen LogP contribution in [0.2, 0.25) is 0 Å². The van der Waals surface area contributed by atoms with E-state index in [1.807, 2.05) is 6.07 Å². The Kier molecular flexibility index (Phi) is 3.76. The second kappa shape index (κ2) is 4.91. The number of hydrogen-bond acceptors (Lipinski definition) is 3. The predicted octanol–water partition coefficient (Wildman–Crippen LogP) is 2.31. The van der Waals surface area contributed by atoms with Gasteiger partial charge in [-0.05, 0) is 48.4 Å². The van der Waals surface area contributed by atoms with E-state index in [1.165, 1.54) is 6.26 Å². The summed E-state index contributed by atoms with van der Waals surface area (Å²) in [5, 5.41) is 9.58. The van der Waals surface area contributed by atoms with Crippen LogP contribution < -0.4 is 0 Å². The smallest absolute Gasteiger partial charge is 0.175 e. The molecule has 3 nitrogen and oxygen atoms in total. The number of hydrogen-bond donors (Lipinski definition) is 1. The van der Waals surface area contributed by atoms with Crippen molar-refractivity contribution in [1.82, 2.24) is 0 Å². The van der Waals surface area contributed by atoms with Gasteiger partial charge in [-0.3, -0.25) is 0 Å². The molecule has 0 saturated heterocycles. The summed E-state index contributed by atoms with van der Waals surface area (Å²) in [4.78, 5) is 0.376. The molecule has 0 aromatic heterocycles. The zero-order valence-electron chi connectivity index (χ0n) is 11.8. The molecule has 19 heavy (non-hydrogen) atoms. The van der Waals surface area contributed by atoms with Crippen LogP contribution in [0.25, 0.3) is 0 Å². The lowest BCUT2D eigenvalue weighted by Gasteiger charge is -2.19. The van der Waals surface area contributed by atoms with Crippen molar-refractivity contribution < 1.29 is 13.5 Å². The Bertz CT molecular complexity index is 569. The van der Waals surface area contributed by atoms with Crippen molar-refractivity contribution in [1.29, 1.82) is 0 Å². The van der Waals surface area contributed by atoms with Crippen molar-refractivity contribution in [2.24, 2.45) is 5.92 Å². The summed E-state index contributed by atoms with van der Waals surface area (Å²) >= 11 is 0. The van der Waals surface area contributed by atoms with E-state index in [9.17, 15) is 13.5 Å². The highest BCUT2D eigenvalue weighted by molar-refractivity contribution is 7.90. The Balaban J connectivity index is 2.49. The van der Waals surface area contributed by atoms with E-state index in [-0.39, 0.29) is 12.0 Å². The molecular formula is C15H22O3S. The molecule has 1 N–H and O–H groups in total. The molecule has 2 rings (SSSR count). The molecule has 1 saturated carbocycles. The first kappa shape index (κ1) is 14.5. The van der Waals surface area contributed by atoms with Gasteiger partial charge in [0.15, 0.2) is 9.84 Å². The maximum Gasteiger partial charge on any atom is 0.175 e. The summed E-state index contributed by atoms with van der Waals surface area (Å²) < 4.78 is 23.3. The topological polar surface area (TPSA) is 54.4 Å². The summed E-state index contributed by atoms with van der Waals surface area (Å²) in [6.45, 7) is 4.39. The first-order chi connectivity index (χ1) is 8.78. The van der Waals surface area contributed by atoms with Crippen molar-refractivity contribution in [2.75, 3.05) is 12.9 Å². The van der Waals surface area contributed by atoms with Gasteiger partial charge in [-0.1, -0.05) is 19.9 Å². The average molecular weight is 282 g/mol. The number of aliphatic hydroxyl groups excluding tert-OH is 1. The Labute approximate surface area is 115 Å². The third-order valence-corrected chi connectivity index (χ3v) is 4.97. The van der Waals surface area contributed by atoms with E-state index in [4.69, 9.17) is 0 Å². The minimum Gasteiger partial charge on any atom is -0.395 e. The highest BCUT2D eigenvalue weighted by atomic mass is 32.2. The molecule has 1 aromatic carbocycles. The van der Waals surface area contributed by atoms with Gasteiger partial charge in [-0.15, -0.1) is 0 Å². The molecule has 106 valence electrons. The van der Waals surface area contributed by atoms with Gasteiger partial charge in [0.1, 0.15) is 0 Å². The van der Waals surface area contributed by atoms with Crippen LogP contribution in [-0.2, 0) is 21.7 Å². The molecule has 4 heteroatoms. The molecule has 0 spiro atoms. The highest BCUT2D eigenvalue weighted by Crippen LogP contribution is 2.49. The van der Waals surface area contributed by atoms with Gasteiger partial charge in [0.05, 0.1) is 11.5 Å². The SMILES string of the molecule is CC(C)Cc1cc(S(C)(=O)=O)ccc1C1(CO)CC1. The number of rotatable bonds is 5. The van der Waals surface area contributed by atoms with Gasteiger partial charge in [-0.2, -0.15) is 0 Å². The third-order valence-electron chi connectivity index (χ3n) is 3.86. The van der Waals surface area contributed by atoms with Gasteiger partial charge in [0, 0.05) is 11.7 Å². The van der Waals surface area contributed by atoms with Crippen LogP contribution in [0.5, 0.6) is 0 Å². The lowest BCUT2D eigenvalue weighted by Crippen LogP contribution is -2.16. The number of aliphatic hydroxyl groups is 1. The lowest BCUT2D eigenvalue weighted by atomic mass is 9.88. The van der Waals surface area contributed by atoms with Crippen LogP contribution >= 0.6 is 0 Å². The van der Waals surface area contributed by atoms with Crippen LogP contribution in [0.3, 0.4) is 0 Å². The maximum atomic E-state index is 11.7. The standard InChI is InChI=1S/C15H22O3S/c1-11(2)8-12-9-13(19(3,17)18)4-5-14(12)15(10-16)6-7-15/h4-5,9,11,16H,6-8,10H2,1-3H3. The van der Waals surface area contributed by atoms with Crippen LogP contribution in [0.1, 0.15) is 37.8 Å². The van der Waals surface area contributed by atoms with E-state index in [0.29, 0.717) is 10.8 Å². The van der Waals surface area contributed by atoms with Crippen LogP contribution in [0.4, 0.5) is 0 Å².